The van der Waals surface area contributed by atoms with Gasteiger partial charge in [-0.15, -0.1) is 0 Å². The maximum Gasteiger partial charge on any atom is 0.125 e. The van der Waals surface area contributed by atoms with Crippen molar-refractivity contribution in [1.29, 1.82) is 0 Å². The van der Waals surface area contributed by atoms with Gasteiger partial charge in [0.2, 0.25) is 0 Å². The molecule has 1 heterocycles. The first-order valence-corrected chi connectivity index (χ1v) is 6.12. The van der Waals surface area contributed by atoms with E-state index in [0.29, 0.717) is 12.3 Å². The fraction of sp³-hybridized carbons (Fsp3) is 0.571. The molecule has 1 aliphatic rings. The van der Waals surface area contributed by atoms with Crippen molar-refractivity contribution in [2.75, 3.05) is 7.11 Å². The van der Waals surface area contributed by atoms with Crippen molar-refractivity contribution in [2.45, 2.75) is 38.9 Å². The molecule has 1 N–H and O–H groups in total. The lowest BCUT2D eigenvalue weighted by molar-refractivity contribution is 0.0554. The molecule has 3 heteroatoms. The maximum atomic E-state index is 10.1. The molecular formula is C14H20O3. The number of ether oxygens (including phenoxy) is 2. The van der Waals surface area contributed by atoms with Gasteiger partial charge in [-0.1, -0.05) is 13.8 Å². The van der Waals surface area contributed by atoms with Gasteiger partial charge in [0, 0.05) is 12.0 Å². The molecule has 17 heavy (non-hydrogen) atoms. The summed E-state index contributed by atoms with van der Waals surface area (Å²) in [4.78, 5) is 0. The van der Waals surface area contributed by atoms with Crippen LogP contribution in [0.5, 0.6) is 11.5 Å². The van der Waals surface area contributed by atoms with Gasteiger partial charge < -0.3 is 14.6 Å². The zero-order chi connectivity index (χ0) is 12.4. The van der Waals surface area contributed by atoms with Crippen LogP contribution in [0.15, 0.2) is 18.2 Å². The van der Waals surface area contributed by atoms with Crippen molar-refractivity contribution in [2.24, 2.45) is 5.92 Å². The molecule has 0 radical (unpaired) electrons. The van der Waals surface area contributed by atoms with E-state index < -0.39 is 6.10 Å². The topological polar surface area (TPSA) is 38.7 Å². The molecule has 1 unspecified atom stereocenters. The number of rotatable bonds is 3. The Balaban J connectivity index is 2.19. The van der Waals surface area contributed by atoms with Crippen LogP contribution in [0.3, 0.4) is 0 Å². The maximum absolute atomic E-state index is 10.1. The number of hydrogen-bond acceptors (Lipinski definition) is 3. The van der Waals surface area contributed by atoms with E-state index in [1.807, 2.05) is 18.2 Å². The summed E-state index contributed by atoms with van der Waals surface area (Å²) < 4.78 is 11.1. The van der Waals surface area contributed by atoms with Crippen molar-refractivity contribution < 1.29 is 14.6 Å². The first kappa shape index (κ1) is 12.2. The third-order valence-corrected chi connectivity index (χ3v) is 3.09. The number of methoxy groups -OCH3 is 1. The van der Waals surface area contributed by atoms with Crippen molar-refractivity contribution in [3.05, 3.63) is 23.8 Å². The molecule has 94 valence electrons. The second-order valence-corrected chi connectivity index (χ2v) is 5.02. The SMILES string of the molecule is COc1ccc2c(c1)[C@H](O)CC(CC(C)C)O2. The average molecular weight is 236 g/mol. The van der Waals surface area contributed by atoms with E-state index in [1.165, 1.54) is 0 Å². The lowest BCUT2D eigenvalue weighted by Crippen LogP contribution is -2.27. The summed E-state index contributed by atoms with van der Waals surface area (Å²) in [6.45, 7) is 4.33. The monoisotopic (exact) mass is 236 g/mol. The smallest absolute Gasteiger partial charge is 0.125 e. The summed E-state index contributed by atoms with van der Waals surface area (Å²) in [5.41, 5.74) is 0.837. The molecule has 2 atom stereocenters. The van der Waals surface area contributed by atoms with E-state index in [1.54, 1.807) is 7.11 Å². The fourth-order valence-corrected chi connectivity index (χ4v) is 2.30. The lowest BCUT2D eigenvalue weighted by Gasteiger charge is -2.30. The number of fused-ring (bicyclic) bond motifs is 1. The van der Waals surface area contributed by atoms with Gasteiger partial charge in [-0.05, 0) is 30.5 Å². The Labute approximate surface area is 102 Å². The molecule has 0 aromatic heterocycles. The normalized spacial score (nSPS) is 23.1. The zero-order valence-electron chi connectivity index (χ0n) is 10.6. The molecule has 0 amide bonds. The van der Waals surface area contributed by atoms with E-state index >= 15 is 0 Å². The minimum absolute atomic E-state index is 0.117. The molecule has 3 nitrogen and oxygen atoms in total. The Kier molecular flexibility index (Phi) is 3.57. The summed E-state index contributed by atoms with van der Waals surface area (Å²) >= 11 is 0. The molecule has 2 rings (SSSR count). The Morgan fingerprint density at radius 2 is 2.24 bits per heavy atom. The van der Waals surface area contributed by atoms with Crippen LogP contribution in [-0.2, 0) is 0 Å². The van der Waals surface area contributed by atoms with Gasteiger partial charge in [0.1, 0.15) is 17.6 Å². The number of aliphatic hydroxyl groups is 1. The predicted octanol–water partition coefficient (Wildman–Crippen LogP) is 2.93. The molecule has 1 aromatic carbocycles. The summed E-state index contributed by atoms with van der Waals surface area (Å²) in [5.74, 6) is 2.12. The van der Waals surface area contributed by atoms with Crippen LogP contribution < -0.4 is 9.47 Å². The third kappa shape index (κ3) is 2.72. The van der Waals surface area contributed by atoms with Crippen LogP contribution in [0.4, 0.5) is 0 Å². The average Bonchev–Trinajstić information content (AvgIpc) is 2.28. The van der Waals surface area contributed by atoms with Crippen molar-refractivity contribution >= 4 is 0 Å². The first-order chi connectivity index (χ1) is 8.10. The molecule has 0 fully saturated rings. The lowest BCUT2D eigenvalue weighted by atomic mass is 9.94. The molecule has 0 spiro atoms. The van der Waals surface area contributed by atoms with E-state index in [-0.39, 0.29) is 6.10 Å². The van der Waals surface area contributed by atoms with Gasteiger partial charge in [-0.25, -0.2) is 0 Å². The molecule has 1 aliphatic heterocycles. The Morgan fingerprint density at radius 3 is 2.88 bits per heavy atom. The molecule has 0 saturated carbocycles. The number of benzene rings is 1. The van der Waals surface area contributed by atoms with E-state index in [4.69, 9.17) is 9.47 Å². The van der Waals surface area contributed by atoms with Gasteiger partial charge in [-0.2, -0.15) is 0 Å². The van der Waals surface area contributed by atoms with Gasteiger partial charge >= 0.3 is 0 Å². The summed E-state index contributed by atoms with van der Waals surface area (Å²) in [7, 11) is 1.62. The summed E-state index contributed by atoms with van der Waals surface area (Å²) in [6.07, 6.45) is 1.31. The van der Waals surface area contributed by atoms with Crippen LogP contribution in [-0.4, -0.2) is 18.3 Å². The van der Waals surface area contributed by atoms with Crippen LogP contribution in [0, 0.1) is 5.92 Å². The second kappa shape index (κ2) is 4.96. The predicted molar refractivity (Wildman–Crippen MR) is 66.4 cm³/mol. The largest absolute Gasteiger partial charge is 0.497 e. The van der Waals surface area contributed by atoms with Gasteiger partial charge in [0.15, 0.2) is 0 Å². The molecule has 0 bridgehead atoms. The van der Waals surface area contributed by atoms with Crippen LogP contribution in [0.1, 0.15) is 38.4 Å². The number of hydrogen-bond donors (Lipinski definition) is 1. The fourth-order valence-electron chi connectivity index (χ4n) is 2.30. The highest BCUT2D eigenvalue weighted by molar-refractivity contribution is 5.43. The highest BCUT2D eigenvalue weighted by Crippen LogP contribution is 2.38. The van der Waals surface area contributed by atoms with Crippen molar-refractivity contribution in [1.82, 2.24) is 0 Å². The molecule has 0 aliphatic carbocycles. The second-order valence-electron chi connectivity index (χ2n) is 5.02. The van der Waals surface area contributed by atoms with Crippen LogP contribution in [0.2, 0.25) is 0 Å². The van der Waals surface area contributed by atoms with Crippen molar-refractivity contribution in [3.8, 4) is 11.5 Å². The molecule has 1 aromatic rings. The molecular weight excluding hydrogens is 216 g/mol. The highest BCUT2D eigenvalue weighted by Gasteiger charge is 2.27. The highest BCUT2D eigenvalue weighted by atomic mass is 16.5. The van der Waals surface area contributed by atoms with E-state index in [9.17, 15) is 5.11 Å². The Hall–Kier alpha value is -1.22. The minimum atomic E-state index is -0.447. The molecule has 0 saturated heterocycles. The standard InChI is InChI=1S/C14H20O3/c1-9(2)6-11-8-13(15)12-7-10(16-3)4-5-14(12)17-11/h4-5,7,9,11,13,15H,6,8H2,1-3H3/t11?,13-/m1/s1. The Morgan fingerprint density at radius 1 is 1.47 bits per heavy atom. The zero-order valence-corrected chi connectivity index (χ0v) is 10.6. The third-order valence-electron chi connectivity index (χ3n) is 3.09. The van der Waals surface area contributed by atoms with Gasteiger partial charge in [0.25, 0.3) is 0 Å². The quantitative estimate of drug-likeness (QED) is 0.877. The van der Waals surface area contributed by atoms with Crippen molar-refractivity contribution in [3.63, 3.8) is 0 Å². The van der Waals surface area contributed by atoms with Crippen LogP contribution >= 0.6 is 0 Å². The van der Waals surface area contributed by atoms with E-state index in [0.717, 1.165) is 23.5 Å². The first-order valence-electron chi connectivity index (χ1n) is 6.12. The van der Waals surface area contributed by atoms with Crippen LogP contribution in [0.25, 0.3) is 0 Å². The summed E-state index contributed by atoms with van der Waals surface area (Å²) in [6, 6.07) is 5.60. The number of aliphatic hydroxyl groups excluding tert-OH is 1. The van der Waals surface area contributed by atoms with E-state index in [2.05, 4.69) is 13.8 Å². The Bertz CT molecular complexity index is 387. The van der Waals surface area contributed by atoms with Gasteiger partial charge in [-0.3, -0.25) is 0 Å². The minimum Gasteiger partial charge on any atom is -0.497 e. The summed E-state index contributed by atoms with van der Waals surface area (Å²) in [5, 5.41) is 10.1. The van der Waals surface area contributed by atoms with Gasteiger partial charge in [0.05, 0.1) is 13.2 Å².